The third kappa shape index (κ3) is 2.79. The maximum atomic E-state index is 10.5. The smallest absolute Gasteiger partial charge is 0.122 e. The van der Waals surface area contributed by atoms with Gasteiger partial charge in [0.1, 0.15) is 5.75 Å². The van der Waals surface area contributed by atoms with E-state index in [1.807, 2.05) is 19.1 Å². The summed E-state index contributed by atoms with van der Waals surface area (Å²) in [6, 6.07) is 6.02. The minimum absolute atomic E-state index is 0.602. The Morgan fingerprint density at radius 3 is 2.94 bits per heavy atom. The number of ether oxygens (including phenoxy) is 1. The van der Waals surface area contributed by atoms with Crippen molar-refractivity contribution in [2.45, 2.75) is 31.8 Å². The first-order chi connectivity index (χ1) is 8.14. The van der Waals surface area contributed by atoms with E-state index < -0.39 is 5.60 Å². The van der Waals surface area contributed by atoms with E-state index in [1.165, 1.54) is 5.56 Å². The Morgan fingerprint density at radius 1 is 1.47 bits per heavy atom. The lowest BCUT2D eigenvalue weighted by atomic mass is 9.86. The van der Waals surface area contributed by atoms with Crippen LogP contribution < -0.4 is 10.1 Å². The molecule has 1 aromatic rings. The van der Waals surface area contributed by atoms with Gasteiger partial charge >= 0.3 is 0 Å². The maximum absolute atomic E-state index is 10.5. The fraction of sp³-hybridized carbons (Fsp3) is 0.571. The zero-order valence-corrected chi connectivity index (χ0v) is 10.6. The summed E-state index contributed by atoms with van der Waals surface area (Å²) in [4.78, 5) is 0. The molecular formula is C14H21NO2. The lowest BCUT2D eigenvalue weighted by Crippen LogP contribution is -2.47. The zero-order chi connectivity index (χ0) is 12.3. The van der Waals surface area contributed by atoms with Crippen molar-refractivity contribution in [3.05, 3.63) is 29.3 Å². The first kappa shape index (κ1) is 12.4. The molecule has 0 aromatic heterocycles. The molecule has 0 amide bonds. The van der Waals surface area contributed by atoms with Crippen molar-refractivity contribution in [3.63, 3.8) is 0 Å². The third-order valence-electron chi connectivity index (χ3n) is 3.59. The van der Waals surface area contributed by atoms with E-state index in [9.17, 15) is 5.11 Å². The second-order valence-corrected chi connectivity index (χ2v) is 4.93. The fourth-order valence-electron chi connectivity index (χ4n) is 2.53. The van der Waals surface area contributed by atoms with E-state index >= 15 is 0 Å². The number of benzene rings is 1. The number of hydrogen-bond donors (Lipinski definition) is 2. The van der Waals surface area contributed by atoms with Crippen LogP contribution in [0.2, 0.25) is 0 Å². The second kappa shape index (κ2) is 5.07. The molecule has 94 valence electrons. The maximum Gasteiger partial charge on any atom is 0.122 e. The summed E-state index contributed by atoms with van der Waals surface area (Å²) in [7, 11) is 1.68. The summed E-state index contributed by atoms with van der Waals surface area (Å²) in [5.74, 6) is 0.898. The molecule has 1 aromatic carbocycles. The van der Waals surface area contributed by atoms with Gasteiger partial charge in [-0.15, -0.1) is 0 Å². The third-order valence-corrected chi connectivity index (χ3v) is 3.59. The Morgan fingerprint density at radius 2 is 2.29 bits per heavy atom. The van der Waals surface area contributed by atoms with Crippen LogP contribution in [-0.2, 0) is 6.42 Å². The normalized spacial score (nSPS) is 24.6. The van der Waals surface area contributed by atoms with Gasteiger partial charge in [-0.1, -0.05) is 12.1 Å². The van der Waals surface area contributed by atoms with Gasteiger partial charge < -0.3 is 15.2 Å². The van der Waals surface area contributed by atoms with E-state index in [2.05, 4.69) is 11.4 Å². The second-order valence-electron chi connectivity index (χ2n) is 4.93. The molecule has 1 aliphatic heterocycles. The molecule has 1 unspecified atom stereocenters. The van der Waals surface area contributed by atoms with E-state index in [0.29, 0.717) is 13.0 Å². The van der Waals surface area contributed by atoms with Crippen molar-refractivity contribution in [1.29, 1.82) is 0 Å². The molecule has 3 nitrogen and oxygen atoms in total. The fourth-order valence-corrected chi connectivity index (χ4v) is 2.53. The van der Waals surface area contributed by atoms with Crippen LogP contribution in [0.25, 0.3) is 0 Å². The molecule has 0 radical (unpaired) electrons. The average molecular weight is 235 g/mol. The van der Waals surface area contributed by atoms with Gasteiger partial charge in [0, 0.05) is 13.0 Å². The Balaban J connectivity index is 2.17. The summed E-state index contributed by atoms with van der Waals surface area (Å²) in [6.07, 6.45) is 2.61. The van der Waals surface area contributed by atoms with Crippen LogP contribution in [-0.4, -0.2) is 30.9 Å². The number of β-amino-alcohol motifs (C(OH)–C–C–N with tert-alkyl or cyclic N) is 1. The predicted octanol–water partition coefficient (Wildman–Crippen LogP) is 1.66. The molecule has 0 aliphatic carbocycles. The molecule has 2 rings (SSSR count). The van der Waals surface area contributed by atoms with Crippen molar-refractivity contribution < 1.29 is 9.84 Å². The molecule has 0 bridgehead atoms. The van der Waals surface area contributed by atoms with Crippen LogP contribution in [0.1, 0.15) is 24.0 Å². The van der Waals surface area contributed by atoms with E-state index in [-0.39, 0.29) is 0 Å². The first-order valence-corrected chi connectivity index (χ1v) is 6.20. The zero-order valence-electron chi connectivity index (χ0n) is 10.6. The van der Waals surface area contributed by atoms with Gasteiger partial charge in [0.15, 0.2) is 0 Å². The highest BCUT2D eigenvalue weighted by Crippen LogP contribution is 2.27. The number of piperidine rings is 1. The summed E-state index contributed by atoms with van der Waals surface area (Å²) >= 11 is 0. The minimum atomic E-state index is -0.602. The molecule has 0 spiro atoms. The molecule has 1 fully saturated rings. The summed E-state index contributed by atoms with van der Waals surface area (Å²) in [6.45, 7) is 3.75. The van der Waals surface area contributed by atoms with Gasteiger partial charge in [-0.25, -0.2) is 0 Å². The molecule has 1 atom stereocenters. The van der Waals surface area contributed by atoms with Crippen LogP contribution in [0.15, 0.2) is 18.2 Å². The average Bonchev–Trinajstić information content (AvgIpc) is 2.32. The predicted molar refractivity (Wildman–Crippen MR) is 68.5 cm³/mol. The largest absolute Gasteiger partial charge is 0.496 e. The lowest BCUT2D eigenvalue weighted by Gasteiger charge is -2.33. The number of nitrogens with one attached hydrogen (secondary N) is 1. The molecule has 1 heterocycles. The SMILES string of the molecule is COc1cccc(CC2(O)CCCNC2)c1C. The van der Waals surface area contributed by atoms with Crippen LogP contribution in [0, 0.1) is 6.92 Å². The van der Waals surface area contributed by atoms with Crippen LogP contribution >= 0.6 is 0 Å². The topological polar surface area (TPSA) is 41.5 Å². The Kier molecular flexibility index (Phi) is 3.69. The highest BCUT2D eigenvalue weighted by atomic mass is 16.5. The van der Waals surface area contributed by atoms with Crippen molar-refractivity contribution in [2.75, 3.05) is 20.2 Å². The summed E-state index contributed by atoms with van der Waals surface area (Å²) < 4.78 is 5.31. The summed E-state index contributed by atoms with van der Waals surface area (Å²) in [5, 5.41) is 13.8. The van der Waals surface area contributed by atoms with Gasteiger partial charge in [0.2, 0.25) is 0 Å². The molecule has 1 saturated heterocycles. The van der Waals surface area contributed by atoms with Gasteiger partial charge in [0.05, 0.1) is 12.7 Å². The van der Waals surface area contributed by atoms with Gasteiger partial charge in [-0.05, 0) is 43.5 Å². The van der Waals surface area contributed by atoms with Crippen molar-refractivity contribution in [1.82, 2.24) is 5.32 Å². The number of hydrogen-bond acceptors (Lipinski definition) is 3. The molecule has 3 heteroatoms. The van der Waals surface area contributed by atoms with Crippen molar-refractivity contribution in [2.24, 2.45) is 0 Å². The van der Waals surface area contributed by atoms with Gasteiger partial charge in [0.25, 0.3) is 0 Å². The van der Waals surface area contributed by atoms with Crippen molar-refractivity contribution in [3.8, 4) is 5.75 Å². The Hall–Kier alpha value is -1.06. The highest BCUT2D eigenvalue weighted by molar-refractivity contribution is 5.39. The number of aliphatic hydroxyl groups is 1. The first-order valence-electron chi connectivity index (χ1n) is 6.20. The molecule has 17 heavy (non-hydrogen) atoms. The Labute approximate surface area is 103 Å². The monoisotopic (exact) mass is 235 g/mol. The molecule has 0 saturated carbocycles. The van der Waals surface area contributed by atoms with Gasteiger partial charge in [-0.3, -0.25) is 0 Å². The lowest BCUT2D eigenvalue weighted by molar-refractivity contribution is 0.0168. The number of rotatable bonds is 3. The van der Waals surface area contributed by atoms with Crippen LogP contribution in [0.5, 0.6) is 5.75 Å². The highest BCUT2D eigenvalue weighted by Gasteiger charge is 2.29. The molecule has 2 N–H and O–H groups in total. The molecular weight excluding hydrogens is 214 g/mol. The van der Waals surface area contributed by atoms with E-state index in [4.69, 9.17) is 4.74 Å². The van der Waals surface area contributed by atoms with Crippen molar-refractivity contribution >= 4 is 0 Å². The van der Waals surface area contributed by atoms with E-state index in [0.717, 1.165) is 30.7 Å². The number of methoxy groups -OCH3 is 1. The standard InChI is InChI=1S/C14H21NO2/c1-11-12(5-3-6-13(11)17-2)9-14(16)7-4-8-15-10-14/h3,5-6,15-16H,4,7-10H2,1-2H3. The quantitative estimate of drug-likeness (QED) is 0.837. The summed E-state index contributed by atoms with van der Waals surface area (Å²) in [5.41, 5.74) is 1.71. The van der Waals surface area contributed by atoms with Gasteiger partial charge in [-0.2, -0.15) is 0 Å². The van der Waals surface area contributed by atoms with Crippen LogP contribution in [0.3, 0.4) is 0 Å². The molecule has 1 aliphatic rings. The minimum Gasteiger partial charge on any atom is -0.496 e. The Bertz CT molecular complexity index is 384. The van der Waals surface area contributed by atoms with Crippen LogP contribution in [0.4, 0.5) is 0 Å². The van der Waals surface area contributed by atoms with E-state index in [1.54, 1.807) is 7.11 Å².